The average Bonchev–Trinajstić information content (AvgIpc) is 2.69. The number of benzene rings is 2. The van der Waals surface area contributed by atoms with Gasteiger partial charge in [-0.25, -0.2) is 0 Å². The number of imidazole rings is 1. The van der Waals surface area contributed by atoms with Crippen LogP contribution in [0.2, 0.25) is 0 Å². The van der Waals surface area contributed by atoms with Gasteiger partial charge in [0.2, 0.25) is 0 Å². The number of fused-ring (bicyclic) bond motifs is 1. The third-order valence-corrected chi connectivity index (χ3v) is 4.21. The van der Waals surface area contributed by atoms with Crippen LogP contribution >= 0.6 is 28.1 Å². The lowest BCUT2D eigenvalue weighted by atomic mass is 10.2. The lowest BCUT2D eigenvalue weighted by molar-refractivity contribution is 1.05. The molecule has 2 aromatic carbocycles. The van der Waals surface area contributed by atoms with Gasteiger partial charge in [0, 0.05) is 4.47 Å². The molecule has 1 N–H and O–H groups in total. The standard InChI is InChI=1S/C14H11BrN2S/c1-9-10(15)5-4-8-12(9)17-13-7-3-2-6-11(13)16-14(17)18/h2-8H,1H3,(H,16,18). The van der Waals surface area contributed by atoms with Crippen LogP contribution in [0.4, 0.5) is 0 Å². The Morgan fingerprint density at radius 1 is 1.11 bits per heavy atom. The van der Waals surface area contributed by atoms with Crippen LogP contribution < -0.4 is 0 Å². The summed E-state index contributed by atoms with van der Waals surface area (Å²) in [5.41, 5.74) is 4.44. The van der Waals surface area contributed by atoms with Gasteiger partial charge in [-0.1, -0.05) is 34.1 Å². The van der Waals surface area contributed by atoms with Gasteiger partial charge in [-0.2, -0.15) is 0 Å². The number of para-hydroxylation sites is 2. The minimum Gasteiger partial charge on any atom is -0.330 e. The first-order valence-corrected chi connectivity index (χ1v) is 6.84. The first-order valence-electron chi connectivity index (χ1n) is 5.64. The van der Waals surface area contributed by atoms with Crippen LogP contribution in [0.15, 0.2) is 46.9 Å². The second kappa shape index (κ2) is 4.37. The van der Waals surface area contributed by atoms with E-state index in [2.05, 4.69) is 44.5 Å². The summed E-state index contributed by atoms with van der Waals surface area (Å²) in [4.78, 5) is 3.23. The molecule has 3 rings (SSSR count). The maximum atomic E-state index is 5.43. The molecule has 4 heteroatoms. The summed E-state index contributed by atoms with van der Waals surface area (Å²) in [7, 11) is 0. The van der Waals surface area contributed by atoms with E-state index in [4.69, 9.17) is 12.2 Å². The van der Waals surface area contributed by atoms with Crippen molar-refractivity contribution < 1.29 is 0 Å². The molecule has 3 aromatic rings. The number of halogens is 1. The van der Waals surface area contributed by atoms with E-state index in [-0.39, 0.29) is 0 Å². The van der Waals surface area contributed by atoms with E-state index in [1.54, 1.807) is 0 Å². The van der Waals surface area contributed by atoms with Crippen molar-refractivity contribution >= 4 is 39.2 Å². The normalized spacial score (nSPS) is 11.0. The fourth-order valence-corrected chi connectivity index (χ4v) is 2.79. The summed E-state index contributed by atoms with van der Waals surface area (Å²) in [5.74, 6) is 0. The fraction of sp³-hybridized carbons (Fsp3) is 0.0714. The molecule has 0 fully saturated rings. The van der Waals surface area contributed by atoms with E-state index in [1.165, 1.54) is 5.56 Å². The van der Waals surface area contributed by atoms with E-state index < -0.39 is 0 Å². The van der Waals surface area contributed by atoms with Gasteiger partial charge >= 0.3 is 0 Å². The lowest BCUT2D eigenvalue weighted by Crippen LogP contribution is -1.97. The molecule has 0 spiro atoms. The highest BCUT2D eigenvalue weighted by Crippen LogP contribution is 2.26. The van der Waals surface area contributed by atoms with Gasteiger partial charge in [-0.3, -0.25) is 4.57 Å². The summed E-state index contributed by atoms with van der Waals surface area (Å²) in [5, 5.41) is 0. The second-order valence-electron chi connectivity index (χ2n) is 4.17. The van der Waals surface area contributed by atoms with Crippen LogP contribution in [0.25, 0.3) is 16.7 Å². The van der Waals surface area contributed by atoms with Crippen molar-refractivity contribution in [1.82, 2.24) is 9.55 Å². The molecular weight excluding hydrogens is 308 g/mol. The van der Waals surface area contributed by atoms with Crippen molar-refractivity contribution in [3.63, 3.8) is 0 Å². The highest BCUT2D eigenvalue weighted by Gasteiger charge is 2.09. The van der Waals surface area contributed by atoms with Gasteiger partial charge in [0.15, 0.2) is 4.77 Å². The van der Waals surface area contributed by atoms with Gasteiger partial charge in [0.05, 0.1) is 16.7 Å². The Labute approximate surface area is 118 Å². The zero-order chi connectivity index (χ0) is 12.7. The first-order chi connectivity index (χ1) is 8.68. The van der Waals surface area contributed by atoms with Crippen molar-refractivity contribution in [2.24, 2.45) is 0 Å². The SMILES string of the molecule is Cc1c(Br)cccc1-n1c(=S)[nH]c2ccccc21. The van der Waals surface area contributed by atoms with E-state index in [0.29, 0.717) is 0 Å². The van der Waals surface area contributed by atoms with Crippen LogP contribution in [0.3, 0.4) is 0 Å². The van der Waals surface area contributed by atoms with Crippen LogP contribution in [-0.4, -0.2) is 9.55 Å². The van der Waals surface area contributed by atoms with Crippen LogP contribution in [0, 0.1) is 11.7 Å². The predicted octanol–water partition coefficient (Wildman–Crippen LogP) is 4.76. The lowest BCUT2D eigenvalue weighted by Gasteiger charge is -2.09. The number of aromatic amines is 1. The third-order valence-electron chi connectivity index (χ3n) is 3.07. The van der Waals surface area contributed by atoms with Gasteiger partial charge in [0.1, 0.15) is 0 Å². The molecule has 0 atom stereocenters. The average molecular weight is 319 g/mol. The molecule has 1 aromatic heterocycles. The van der Waals surface area contributed by atoms with Gasteiger partial charge in [-0.05, 0) is 49.0 Å². The predicted molar refractivity (Wildman–Crippen MR) is 80.9 cm³/mol. The Morgan fingerprint density at radius 2 is 1.89 bits per heavy atom. The summed E-state index contributed by atoms with van der Waals surface area (Å²) in [6, 6.07) is 14.3. The zero-order valence-corrected chi connectivity index (χ0v) is 12.2. The smallest absolute Gasteiger partial charge is 0.182 e. The molecule has 0 radical (unpaired) electrons. The molecule has 2 nitrogen and oxygen atoms in total. The Balaban J connectivity index is 2.42. The van der Waals surface area contributed by atoms with Crippen LogP contribution in [0.1, 0.15) is 5.56 Å². The maximum absolute atomic E-state index is 5.43. The van der Waals surface area contributed by atoms with E-state index in [0.717, 1.165) is 26.0 Å². The molecule has 0 aliphatic carbocycles. The molecule has 0 saturated heterocycles. The molecular formula is C14H11BrN2S. The summed E-state index contributed by atoms with van der Waals surface area (Å²) in [6.45, 7) is 2.09. The highest BCUT2D eigenvalue weighted by molar-refractivity contribution is 9.10. The van der Waals surface area contributed by atoms with Gasteiger partial charge in [0.25, 0.3) is 0 Å². The van der Waals surface area contributed by atoms with E-state index >= 15 is 0 Å². The number of rotatable bonds is 1. The largest absolute Gasteiger partial charge is 0.330 e. The zero-order valence-electron chi connectivity index (χ0n) is 9.77. The van der Waals surface area contributed by atoms with E-state index in [1.807, 2.05) is 30.3 Å². The second-order valence-corrected chi connectivity index (χ2v) is 5.41. The van der Waals surface area contributed by atoms with Crippen molar-refractivity contribution in [2.75, 3.05) is 0 Å². The van der Waals surface area contributed by atoms with Crippen LogP contribution in [0.5, 0.6) is 0 Å². The minimum atomic E-state index is 0.720. The van der Waals surface area contributed by atoms with E-state index in [9.17, 15) is 0 Å². The molecule has 0 aliphatic rings. The minimum absolute atomic E-state index is 0.720. The van der Waals surface area contributed by atoms with Gasteiger partial charge < -0.3 is 4.98 Å². The molecule has 0 saturated carbocycles. The first kappa shape index (κ1) is 11.7. The molecule has 1 heterocycles. The number of hydrogen-bond acceptors (Lipinski definition) is 1. The molecule has 0 amide bonds. The Morgan fingerprint density at radius 3 is 2.72 bits per heavy atom. The number of H-pyrrole nitrogens is 1. The van der Waals surface area contributed by atoms with Crippen molar-refractivity contribution in [3.8, 4) is 5.69 Å². The highest BCUT2D eigenvalue weighted by atomic mass is 79.9. The molecule has 90 valence electrons. The quantitative estimate of drug-likeness (QED) is 0.641. The monoisotopic (exact) mass is 318 g/mol. The number of hydrogen-bond donors (Lipinski definition) is 1. The summed E-state index contributed by atoms with van der Waals surface area (Å²) < 4.78 is 3.88. The maximum Gasteiger partial charge on any atom is 0.182 e. The Kier molecular flexibility index (Phi) is 2.84. The molecule has 0 unspecified atom stereocenters. The van der Waals surface area contributed by atoms with Crippen molar-refractivity contribution in [2.45, 2.75) is 6.92 Å². The summed E-state index contributed by atoms with van der Waals surface area (Å²) in [6.07, 6.45) is 0. The number of nitrogens with zero attached hydrogens (tertiary/aromatic N) is 1. The topological polar surface area (TPSA) is 20.7 Å². The van der Waals surface area contributed by atoms with Crippen molar-refractivity contribution in [1.29, 1.82) is 0 Å². The fourth-order valence-electron chi connectivity index (χ4n) is 2.13. The molecule has 18 heavy (non-hydrogen) atoms. The van der Waals surface area contributed by atoms with Crippen LogP contribution in [-0.2, 0) is 0 Å². The van der Waals surface area contributed by atoms with Crippen molar-refractivity contribution in [3.05, 3.63) is 57.3 Å². The number of nitrogens with one attached hydrogen (secondary N) is 1. The molecule has 0 aliphatic heterocycles. The Bertz CT molecular complexity index is 786. The molecule has 0 bridgehead atoms. The van der Waals surface area contributed by atoms with Gasteiger partial charge in [-0.15, -0.1) is 0 Å². The Hall–Kier alpha value is -1.39. The third kappa shape index (κ3) is 1.72. The number of aromatic nitrogens is 2. The summed E-state index contributed by atoms with van der Waals surface area (Å²) >= 11 is 8.99.